The maximum absolute atomic E-state index is 11.4. The van der Waals surface area contributed by atoms with Gasteiger partial charge in [0.15, 0.2) is 0 Å². The van der Waals surface area contributed by atoms with Gasteiger partial charge in [0, 0.05) is 7.05 Å². The highest BCUT2D eigenvalue weighted by Crippen LogP contribution is 2.11. The Morgan fingerprint density at radius 1 is 1.36 bits per heavy atom. The van der Waals surface area contributed by atoms with Crippen molar-refractivity contribution in [2.45, 2.75) is 6.04 Å². The number of likely N-dealkylation sites (N-methyl/N-ethyl adjacent to an activating group) is 1. The van der Waals surface area contributed by atoms with E-state index in [1.54, 1.807) is 12.1 Å². The highest BCUT2D eigenvalue weighted by Gasteiger charge is 2.17. The molecule has 0 saturated heterocycles. The zero-order valence-corrected chi connectivity index (χ0v) is 7.86. The van der Waals surface area contributed by atoms with E-state index in [9.17, 15) is 9.59 Å². The summed E-state index contributed by atoms with van der Waals surface area (Å²) in [6, 6.07) is 8.45. The Kier molecular flexibility index (Phi) is 3.67. The van der Waals surface area contributed by atoms with E-state index in [1.807, 2.05) is 18.2 Å². The molecule has 0 spiro atoms. The number of amides is 2. The summed E-state index contributed by atoms with van der Waals surface area (Å²) in [4.78, 5) is 21.7. The highest BCUT2D eigenvalue weighted by molar-refractivity contribution is 5.84. The van der Waals surface area contributed by atoms with Crippen LogP contribution in [-0.4, -0.2) is 19.4 Å². The molecule has 1 aromatic carbocycles. The Morgan fingerprint density at radius 3 is 2.50 bits per heavy atom. The Balaban J connectivity index is 2.88. The second-order valence-corrected chi connectivity index (χ2v) is 2.74. The molecule has 0 aromatic heterocycles. The molecule has 2 N–H and O–H groups in total. The third-order valence-electron chi connectivity index (χ3n) is 1.88. The summed E-state index contributed by atoms with van der Waals surface area (Å²) in [6.07, 6.45) is 0.521. The van der Waals surface area contributed by atoms with Gasteiger partial charge in [0.05, 0.1) is 0 Å². The average molecular weight is 192 g/mol. The van der Waals surface area contributed by atoms with Crippen LogP contribution >= 0.6 is 0 Å². The van der Waals surface area contributed by atoms with E-state index in [2.05, 4.69) is 10.6 Å². The average Bonchev–Trinajstić information content (AvgIpc) is 2.26. The fraction of sp³-hybridized carbons (Fsp3) is 0.200. The first-order valence-corrected chi connectivity index (χ1v) is 4.26. The number of carbonyl (C=O) groups is 2. The van der Waals surface area contributed by atoms with E-state index in [4.69, 9.17) is 0 Å². The SMILES string of the molecule is CNC(=O)C(NC=O)c1ccccc1. The molecule has 0 heterocycles. The van der Waals surface area contributed by atoms with Crippen molar-refractivity contribution in [2.24, 2.45) is 0 Å². The van der Waals surface area contributed by atoms with Crippen LogP contribution in [0.4, 0.5) is 0 Å². The molecule has 4 heteroatoms. The molecule has 1 aromatic rings. The molecule has 0 bridgehead atoms. The first-order chi connectivity index (χ1) is 6.79. The second-order valence-electron chi connectivity index (χ2n) is 2.74. The molecule has 0 aliphatic heterocycles. The maximum Gasteiger partial charge on any atom is 0.246 e. The molecule has 0 fully saturated rings. The largest absolute Gasteiger partial charge is 0.357 e. The summed E-state index contributed by atoms with van der Waals surface area (Å²) in [5, 5.41) is 4.95. The van der Waals surface area contributed by atoms with Gasteiger partial charge in [-0.3, -0.25) is 9.59 Å². The maximum atomic E-state index is 11.4. The summed E-state index contributed by atoms with van der Waals surface area (Å²) in [5.41, 5.74) is 0.763. The zero-order chi connectivity index (χ0) is 10.4. The van der Waals surface area contributed by atoms with Crippen molar-refractivity contribution in [1.82, 2.24) is 10.6 Å². The van der Waals surface area contributed by atoms with Gasteiger partial charge in [0.1, 0.15) is 6.04 Å². The van der Waals surface area contributed by atoms with Crippen molar-refractivity contribution >= 4 is 12.3 Å². The van der Waals surface area contributed by atoms with Gasteiger partial charge in [-0.2, -0.15) is 0 Å². The summed E-state index contributed by atoms with van der Waals surface area (Å²) < 4.78 is 0. The Hall–Kier alpha value is -1.84. The van der Waals surface area contributed by atoms with Crippen molar-refractivity contribution in [3.05, 3.63) is 35.9 Å². The third kappa shape index (κ3) is 2.32. The normalized spacial score (nSPS) is 11.5. The molecular formula is C10H12N2O2. The van der Waals surface area contributed by atoms with Crippen LogP contribution in [0.2, 0.25) is 0 Å². The van der Waals surface area contributed by atoms with Crippen LogP contribution in [0.3, 0.4) is 0 Å². The van der Waals surface area contributed by atoms with Gasteiger partial charge in [-0.05, 0) is 5.56 Å². The van der Waals surface area contributed by atoms with Crippen LogP contribution in [0.15, 0.2) is 30.3 Å². The molecular weight excluding hydrogens is 180 g/mol. The molecule has 0 radical (unpaired) electrons. The van der Waals surface area contributed by atoms with Gasteiger partial charge >= 0.3 is 0 Å². The van der Waals surface area contributed by atoms with Gasteiger partial charge in [0.25, 0.3) is 0 Å². The minimum absolute atomic E-state index is 0.233. The van der Waals surface area contributed by atoms with Crippen molar-refractivity contribution in [3.8, 4) is 0 Å². The summed E-state index contributed by atoms with van der Waals surface area (Å²) in [5.74, 6) is -0.233. The molecule has 74 valence electrons. The summed E-state index contributed by atoms with van der Waals surface area (Å²) >= 11 is 0. The lowest BCUT2D eigenvalue weighted by molar-refractivity contribution is -0.125. The Bertz CT molecular complexity index is 311. The predicted octanol–water partition coefficient (Wildman–Crippen LogP) is 0.220. The van der Waals surface area contributed by atoms with Crippen LogP contribution in [0.25, 0.3) is 0 Å². The molecule has 1 atom stereocenters. The van der Waals surface area contributed by atoms with Crippen molar-refractivity contribution in [3.63, 3.8) is 0 Å². The van der Waals surface area contributed by atoms with E-state index in [1.165, 1.54) is 7.05 Å². The van der Waals surface area contributed by atoms with Crippen molar-refractivity contribution in [2.75, 3.05) is 7.05 Å². The predicted molar refractivity (Wildman–Crippen MR) is 52.4 cm³/mol. The van der Waals surface area contributed by atoms with Crippen molar-refractivity contribution in [1.29, 1.82) is 0 Å². The van der Waals surface area contributed by atoms with E-state index >= 15 is 0 Å². The first kappa shape index (κ1) is 10.2. The van der Waals surface area contributed by atoms with E-state index in [0.29, 0.717) is 6.41 Å². The van der Waals surface area contributed by atoms with Gasteiger partial charge in [-0.15, -0.1) is 0 Å². The first-order valence-electron chi connectivity index (χ1n) is 4.26. The van der Waals surface area contributed by atoms with Gasteiger partial charge < -0.3 is 10.6 Å². The smallest absolute Gasteiger partial charge is 0.246 e. The van der Waals surface area contributed by atoms with Gasteiger partial charge in [-0.25, -0.2) is 0 Å². The standard InChI is InChI=1S/C10H12N2O2/c1-11-10(14)9(12-7-13)8-5-3-2-4-6-8/h2-7,9H,1H3,(H,11,14)(H,12,13). The zero-order valence-electron chi connectivity index (χ0n) is 7.86. The molecule has 2 amide bonds. The van der Waals surface area contributed by atoms with Gasteiger partial charge in [0.2, 0.25) is 12.3 Å². The quantitative estimate of drug-likeness (QED) is 0.670. The Labute approximate surface area is 82.3 Å². The minimum atomic E-state index is -0.612. The number of hydrogen-bond acceptors (Lipinski definition) is 2. The molecule has 1 rings (SSSR count). The summed E-state index contributed by atoms with van der Waals surface area (Å²) in [7, 11) is 1.53. The molecule has 14 heavy (non-hydrogen) atoms. The van der Waals surface area contributed by atoms with E-state index in [0.717, 1.165) is 5.56 Å². The number of rotatable bonds is 4. The number of carbonyl (C=O) groups excluding carboxylic acids is 2. The molecule has 0 aliphatic rings. The third-order valence-corrected chi connectivity index (χ3v) is 1.88. The molecule has 1 unspecified atom stereocenters. The lowest BCUT2D eigenvalue weighted by Gasteiger charge is -2.14. The van der Waals surface area contributed by atoms with Gasteiger partial charge in [-0.1, -0.05) is 30.3 Å². The molecule has 0 aliphatic carbocycles. The van der Waals surface area contributed by atoms with Crippen LogP contribution in [0.1, 0.15) is 11.6 Å². The highest BCUT2D eigenvalue weighted by atomic mass is 16.2. The lowest BCUT2D eigenvalue weighted by Crippen LogP contribution is -2.35. The fourth-order valence-electron chi connectivity index (χ4n) is 1.18. The number of benzene rings is 1. The van der Waals surface area contributed by atoms with Crippen LogP contribution in [0, 0.1) is 0 Å². The monoisotopic (exact) mass is 192 g/mol. The topological polar surface area (TPSA) is 58.2 Å². The summed E-state index contributed by atoms with van der Waals surface area (Å²) in [6.45, 7) is 0. The fourth-order valence-corrected chi connectivity index (χ4v) is 1.18. The minimum Gasteiger partial charge on any atom is -0.357 e. The molecule has 0 saturated carbocycles. The Morgan fingerprint density at radius 2 is 2.00 bits per heavy atom. The number of nitrogens with one attached hydrogen (secondary N) is 2. The van der Waals surface area contributed by atoms with Crippen LogP contribution < -0.4 is 10.6 Å². The molecule has 4 nitrogen and oxygen atoms in total. The van der Waals surface area contributed by atoms with E-state index in [-0.39, 0.29) is 5.91 Å². The van der Waals surface area contributed by atoms with Crippen LogP contribution in [-0.2, 0) is 9.59 Å². The second kappa shape index (κ2) is 5.01. The van der Waals surface area contributed by atoms with Crippen LogP contribution in [0.5, 0.6) is 0 Å². The lowest BCUT2D eigenvalue weighted by atomic mass is 10.1. The van der Waals surface area contributed by atoms with E-state index < -0.39 is 6.04 Å². The van der Waals surface area contributed by atoms with Crippen molar-refractivity contribution < 1.29 is 9.59 Å². The number of hydrogen-bond donors (Lipinski definition) is 2.